The molecule has 4 rings (SSSR count). The molecule has 4 aliphatic rings. The molecular formula is C20H28O. The number of allylic oxidation sites excluding steroid dienone is 2. The number of carbonyl (C=O) groups is 1. The normalized spacial score (nSPS) is 49.2. The Labute approximate surface area is 128 Å². The fourth-order valence-corrected chi connectivity index (χ4v) is 6.26. The van der Waals surface area contributed by atoms with Crippen LogP contribution >= 0.6 is 0 Å². The molecule has 0 amide bonds. The van der Waals surface area contributed by atoms with E-state index in [1.54, 1.807) is 0 Å². The monoisotopic (exact) mass is 284 g/mol. The highest BCUT2D eigenvalue weighted by Crippen LogP contribution is 2.63. The van der Waals surface area contributed by atoms with Gasteiger partial charge in [0.25, 0.3) is 0 Å². The summed E-state index contributed by atoms with van der Waals surface area (Å²) in [5.41, 5.74) is 3.46. The van der Waals surface area contributed by atoms with Crippen molar-refractivity contribution in [3.8, 4) is 0 Å². The van der Waals surface area contributed by atoms with E-state index in [2.05, 4.69) is 20.4 Å². The van der Waals surface area contributed by atoms with Crippen LogP contribution in [-0.4, -0.2) is 5.78 Å². The predicted molar refractivity (Wildman–Crippen MR) is 85.8 cm³/mol. The fraction of sp³-hybridized carbons (Fsp3) is 0.750. The van der Waals surface area contributed by atoms with Crippen molar-refractivity contribution >= 4 is 5.78 Å². The van der Waals surface area contributed by atoms with E-state index < -0.39 is 0 Å². The summed E-state index contributed by atoms with van der Waals surface area (Å²) >= 11 is 0. The van der Waals surface area contributed by atoms with E-state index in [-0.39, 0.29) is 5.92 Å². The van der Waals surface area contributed by atoms with Gasteiger partial charge >= 0.3 is 0 Å². The minimum absolute atomic E-state index is 0.254. The number of ketones is 1. The minimum atomic E-state index is 0.254. The van der Waals surface area contributed by atoms with E-state index in [1.807, 2.05) is 6.08 Å². The lowest BCUT2D eigenvalue weighted by Gasteiger charge is -2.53. The van der Waals surface area contributed by atoms with Crippen molar-refractivity contribution in [1.82, 2.24) is 0 Å². The van der Waals surface area contributed by atoms with E-state index in [1.165, 1.54) is 49.7 Å². The molecule has 6 atom stereocenters. The van der Waals surface area contributed by atoms with Crippen LogP contribution in [-0.2, 0) is 4.79 Å². The van der Waals surface area contributed by atoms with Crippen molar-refractivity contribution in [2.45, 2.75) is 58.8 Å². The van der Waals surface area contributed by atoms with Crippen molar-refractivity contribution in [3.63, 3.8) is 0 Å². The maximum Gasteiger partial charge on any atom is 0.158 e. The Morgan fingerprint density at radius 2 is 2.00 bits per heavy atom. The average molecular weight is 284 g/mol. The second-order valence-corrected chi connectivity index (χ2v) is 8.44. The lowest BCUT2D eigenvalue weighted by atomic mass is 9.51. The zero-order valence-electron chi connectivity index (χ0n) is 13.5. The molecule has 114 valence electrons. The van der Waals surface area contributed by atoms with E-state index in [9.17, 15) is 4.79 Å². The summed E-state index contributed by atoms with van der Waals surface area (Å²) in [5, 5.41) is 0. The molecule has 0 aromatic rings. The highest BCUT2D eigenvalue weighted by molar-refractivity contribution is 5.93. The first-order valence-corrected chi connectivity index (χ1v) is 8.93. The maximum absolute atomic E-state index is 12.0. The molecule has 0 spiro atoms. The van der Waals surface area contributed by atoms with E-state index in [0.717, 1.165) is 30.1 Å². The van der Waals surface area contributed by atoms with Crippen molar-refractivity contribution in [3.05, 3.63) is 23.8 Å². The van der Waals surface area contributed by atoms with Gasteiger partial charge < -0.3 is 0 Å². The Balaban J connectivity index is 1.65. The average Bonchev–Trinajstić information content (AvgIpc) is 2.76. The molecular weight excluding hydrogens is 256 g/mol. The molecule has 4 aliphatic carbocycles. The molecule has 1 heteroatoms. The fourth-order valence-electron chi connectivity index (χ4n) is 6.26. The van der Waals surface area contributed by atoms with Crippen LogP contribution in [0.1, 0.15) is 58.8 Å². The summed E-state index contributed by atoms with van der Waals surface area (Å²) < 4.78 is 0. The van der Waals surface area contributed by atoms with Gasteiger partial charge in [0.15, 0.2) is 5.78 Å². The van der Waals surface area contributed by atoms with E-state index >= 15 is 0 Å². The summed E-state index contributed by atoms with van der Waals surface area (Å²) in [6.07, 6.45) is 11.0. The largest absolute Gasteiger partial charge is 0.295 e. The summed E-state index contributed by atoms with van der Waals surface area (Å²) in [7, 11) is 0. The molecule has 0 bridgehead atoms. The molecule has 21 heavy (non-hydrogen) atoms. The van der Waals surface area contributed by atoms with Crippen LogP contribution in [0.5, 0.6) is 0 Å². The lowest BCUT2D eigenvalue weighted by molar-refractivity contribution is -0.119. The summed E-state index contributed by atoms with van der Waals surface area (Å²) in [5.74, 6) is 3.97. The van der Waals surface area contributed by atoms with Gasteiger partial charge in [0.1, 0.15) is 0 Å². The standard InChI is InChI=1S/C20H28O/c1-12-10-17-14(11-19(12)21)5-6-16-15(17)8-9-20(3)13(2)4-7-18(16)20/h11-12,15-18H,2,4-10H2,1,3H3/t12?,15?,16?,17-,18?,20+/m0/s1. The van der Waals surface area contributed by atoms with Gasteiger partial charge in [-0.05, 0) is 80.1 Å². The molecule has 0 N–H and O–H groups in total. The Bertz CT molecular complexity index is 528. The molecule has 0 heterocycles. The summed E-state index contributed by atoms with van der Waals surface area (Å²) in [6, 6.07) is 0. The molecule has 0 saturated heterocycles. The Kier molecular flexibility index (Phi) is 3.00. The van der Waals surface area contributed by atoms with Crippen molar-refractivity contribution in [2.24, 2.45) is 35.0 Å². The third kappa shape index (κ3) is 1.85. The van der Waals surface area contributed by atoms with Gasteiger partial charge in [-0.25, -0.2) is 0 Å². The quantitative estimate of drug-likeness (QED) is 0.576. The predicted octanol–water partition coefficient (Wildman–Crippen LogP) is 4.93. The maximum atomic E-state index is 12.0. The molecule has 0 aromatic carbocycles. The third-order valence-electron chi connectivity index (χ3n) is 7.63. The minimum Gasteiger partial charge on any atom is -0.295 e. The summed E-state index contributed by atoms with van der Waals surface area (Å²) in [6.45, 7) is 9.01. The molecule has 0 radical (unpaired) electrons. The Morgan fingerprint density at radius 1 is 1.19 bits per heavy atom. The van der Waals surface area contributed by atoms with Gasteiger partial charge in [-0.3, -0.25) is 4.79 Å². The number of carbonyl (C=O) groups excluding carboxylic acids is 1. The smallest absolute Gasteiger partial charge is 0.158 e. The zero-order valence-corrected chi connectivity index (χ0v) is 13.5. The number of hydrogen-bond donors (Lipinski definition) is 0. The van der Waals surface area contributed by atoms with Crippen LogP contribution in [0.4, 0.5) is 0 Å². The SMILES string of the molecule is C=C1CCC2C3CCC4=CC(=O)C(C)C[C@@H]4C3CC[C@]12C. The van der Waals surface area contributed by atoms with Crippen LogP contribution in [0.3, 0.4) is 0 Å². The van der Waals surface area contributed by atoms with Gasteiger partial charge in [0.05, 0.1) is 0 Å². The van der Waals surface area contributed by atoms with Crippen LogP contribution < -0.4 is 0 Å². The highest BCUT2D eigenvalue weighted by Gasteiger charge is 2.54. The zero-order chi connectivity index (χ0) is 14.8. The van der Waals surface area contributed by atoms with Crippen molar-refractivity contribution < 1.29 is 4.79 Å². The molecule has 1 nitrogen and oxygen atoms in total. The van der Waals surface area contributed by atoms with Gasteiger partial charge in [0, 0.05) is 5.92 Å². The van der Waals surface area contributed by atoms with Gasteiger partial charge in [-0.2, -0.15) is 0 Å². The third-order valence-corrected chi connectivity index (χ3v) is 7.63. The second kappa shape index (κ2) is 4.57. The van der Waals surface area contributed by atoms with Gasteiger partial charge in [0.2, 0.25) is 0 Å². The van der Waals surface area contributed by atoms with Crippen molar-refractivity contribution in [2.75, 3.05) is 0 Å². The molecule has 4 unspecified atom stereocenters. The van der Waals surface area contributed by atoms with Crippen LogP contribution in [0, 0.1) is 35.0 Å². The number of fused-ring (bicyclic) bond motifs is 5. The Morgan fingerprint density at radius 3 is 2.81 bits per heavy atom. The van der Waals surface area contributed by atoms with Crippen LogP contribution in [0.2, 0.25) is 0 Å². The van der Waals surface area contributed by atoms with Gasteiger partial charge in [-0.1, -0.05) is 31.6 Å². The first-order valence-electron chi connectivity index (χ1n) is 8.93. The van der Waals surface area contributed by atoms with E-state index in [4.69, 9.17) is 0 Å². The first-order chi connectivity index (χ1) is 10.0. The molecule has 3 saturated carbocycles. The van der Waals surface area contributed by atoms with E-state index in [0.29, 0.717) is 11.2 Å². The van der Waals surface area contributed by atoms with Crippen LogP contribution in [0.25, 0.3) is 0 Å². The molecule has 3 fully saturated rings. The first kappa shape index (κ1) is 13.8. The Hall–Kier alpha value is -0.850. The van der Waals surface area contributed by atoms with Crippen molar-refractivity contribution in [1.29, 1.82) is 0 Å². The lowest BCUT2D eigenvalue weighted by Crippen LogP contribution is -2.45. The topological polar surface area (TPSA) is 17.1 Å². The number of rotatable bonds is 0. The second-order valence-electron chi connectivity index (χ2n) is 8.44. The van der Waals surface area contributed by atoms with Gasteiger partial charge in [-0.15, -0.1) is 0 Å². The molecule has 0 aromatic heterocycles. The molecule has 0 aliphatic heterocycles. The van der Waals surface area contributed by atoms with Crippen LogP contribution in [0.15, 0.2) is 23.8 Å². The summed E-state index contributed by atoms with van der Waals surface area (Å²) in [4.78, 5) is 12.0. The highest BCUT2D eigenvalue weighted by atomic mass is 16.1. The number of hydrogen-bond acceptors (Lipinski definition) is 1.